The van der Waals surface area contributed by atoms with Crippen LogP contribution in [0, 0.1) is 6.92 Å². The highest BCUT2D eigenvalue weighted by Crippen LogP contribution is 2.08. The maximum atomic E-state index is 11.0. The molecule has 0 amide bonds. The molecule has 1 rings (SSSR count). The Morgan fingerprint density at radius 2 is 2.06 bits per heavy atom. The van der Waals surface area contributed by atoms with Crippen LogP contribution in [0.5, 0.6) is 0 Å². The molecule has 0 aliphatic rings. The fourth-order valence-electron chi connectivity index (χ4n) is 1.26. The van der Waals surface area contributed by atoms with Crippen molar-refractivity contribution in [3.63, 3.8) is 0 Å². The second-order valence-corrected chi connectivity index (χ2v) is 3.33. The fraction of sp³-hybridized carbons (Fsp3) is 0.214. The zero-order valence-electron chi connectivity index (χ0n) is 9.64. The van der Waals surface area contributed by atoms with E-state index in [0.29, 0.717) is 6.61 Å². The molecule has 0 unspecified atom stereocenters. The Labute approximate surface area is 96.2 Å². The molecule has 2 nitrogen and oxygen atoms in total. The van der Waals surface area contributed by atoms with E-state index < -0.39 is 0 Å². The van der Waals surface area contributed by atoms with Crippen molar-refractivity contribution >= 4 is 12.0 Å². The van der Waals surface area contributed by atoms with Gasteiger partial charge in [0.05, 0.1) is 6.61 Å². The zero-order chi connectivity index (χ0) is 11.8. The normalized spacial score (nSPS) is 11.1. The zero-order valence-corrected chi connectivity index (χ0v) is 9.64. The summed E-state index contributed by atoms with van der Waals surface area (Å²) in [5.41, 5.74) is 2.36. The third-order valence-corrected chi connectivity index (χ3v) is 2.09. The second kappa shape index (κ2) is 6.62. The Bertz CT molecular complexity index is 403. The summed E-state index contributed by atoms with van der Waals surface area (Å²) in [6.45, 7) is 4.24. The van der Waals surface area contributed by atoms with Crippen molar-refractivity contribution < 1.29 is 9.53 Å². The number of hydrogen-bond donors (Lipinski definition) is 0. The lowest BCUT2D eigenvalue weighted by atomic mass is 10.1. The lowest BCUT2D eigenvalue weighted by Crippen LogP contribution is -1.98. The molecule has 0 aromatic heterocycles. The maximum Gasteiger partial charge on any atom is 0.330 e. The molecule has 0 bridgehead atoms. The maximum absolute atomic E-state index is 11.0. The van der Waals surface area contributed by atoms with E-state index >= 15 is 0 Å². The van der Waals surface area contributed by atoms with E-state index in [-0.39, 0.29) is 5.97 Å². The predicted octanol–water partition coefficient (Wildman–Crippen LogP) is 3.13. The number of allylic oxidation sites excluding steroid dienone is 2. The number of ether oxygens (including phenoxy) is 1. The highest BCUT2D eigenvalue weighted by atomic mass is 16.5. The van der Waals surface area contributed by atoms with E-state index in [9.17, 15) is 4.79 Å². The Morgan fingerprint density at radius 1 is 1.31 bits per heavy atom. The lowest BCUT2D eigenvalue weighted by molar-refractivity contribution is -0.137. The third-order valence-electron chi connectivity index (χ3n) is 2.09. The number of carbonyl (C=O) groups is 1. The molecule has 84 valence electrons. The number of rotatable bonds is 4. The van der Waals surface area contributed by atoms with E-state index in [1.165, 1.54) is 11.6 Å². The van der Waals surface area contributed by atoms with Gasteiger partial charge >= 0.3 is 5.97 Å². The summed E-state index contributed by atoms with van der Waals surface area (Å²) < 4.78 is 4.76. The number of esters is 1. The highest BCUT2D eigenvalue weighted by molar-refractivity contribution is 5.82. The quantitative estimate of drug-likeness (QED) is 0.439. The van der Waals surface area contributed by atoms with Crippen molar-refractivity contribution in [1.29, 1.82) is 0 Å². The summed E-state index contributed by atoms with van der Waals surface area (Å²) >= 11 is 0. The molecule has 0 fully saturated rings. The van der Waals surface area contributed by atoms with Gasteiger partial charge in [-0.25, -0.2) is 4.79 Å². The van der Waals surface area contributed by atoms with Gasteiger partial charge in [-0.2, -0.15) is 0 Å². The monoisotopic (exact) mass is 216 g/mol. The SMILES string of the molecule is CCOC(=O)C=CC=Cc1ccccc1C. The van der Waals surface area contributed by atoms with Crippen LogP contribution < -0.4 is 0 Å². The molecule has 0 saturated heterocycles. The van der Waals surface area contributed by atoms with Crippen LogP contribution in [0.3, 0.4) is 0 Å². The summed E-state index contributed by atoms with van der Waals surface area (Å²) in [6, 6.07) is 8.07. The lowest BCUT2D eigenvalue weighted by Gasteiger charge is -1.97. The van der Waals surface area contributed by atoms with Gasteiger partial charge in [0.1, 0.15) is 0 Å². The van der Waals surface area contributed by atoms with Crippen LogP contribution in [0.1, 0.15) is 18.1 Å². The smallest absolute Gasteiger partial charge is 0.330 e. The van der Waals surface area contributed by atoms with Crippen LogP contribution in [0.15, 0.2) is 42.5 Å². The topological polar surface area (TPSA) is 26.3 Å². The van der Waals surface area contributed by atoms with Gasteiger partial charge in [0.2, 0.25) is 0 Å². The average molecular weight is 216 g/mol. The molecule has 1 aromatic rings. The van der Waals surface area contributed by atoms with Crippen molar-refractivity contribution in [3.8, 4) is 0 Å². The largest absolute Gasteiger partial charge is 0.463 e. The first-order valence-corrected chi connectivity index (χ1v) is 5.31. The van der Waals surface area contributed by atoms with Crippen molar-refractivity contribution in [2.75, 3.05) is 6.61 Å². The number of aryl methyl sites for hydroxylation is 1. The Kier molecular flexibility index (Phi) is 5.06. The minimum absolute atomic E-state index is 0.308. The molecular weight excluding hydrogens is 200 g/mol. The predicted molar refractivity (Wildman–Crippen MR) is 66.0 cm³/mol. The van der Waals surface area contributed by atoms with Crippen LogP contribution in [-0.2, 0) is 9.53 Å². The molecule has 0 heterocycles. The molecule has 0 aliphatic carbocycles. The molecule has 1 aromatic carbocycles. The van der Waals surface area contributed by atoms with Crippen molar-refractivity contribution in [1.82, 2.24) is 0 Å². The summed E-state index contributed by atoms with van der Waals surface area (Å²) in [5.74, 6) is -0.308. The van der Waals surface area contributed by atoms with Gasteiger partial charge in [-0.1, -0.05) is 42.5 Å². The van der Waals surface area contributed by atoms with Gasteiger partial charge in [0.25, 0.3) is 0 Å². The van der Waals surface area contributed by atoms with E-state index in [0.717, 1.165) is 5.56 Å². The minimum Gasteiger partial charge on any atom is -0.463 e. The standard InChI is InChI=1S/C14H16O2/c1-3-16-14(15)11-7-6-10-13-9-5-4-8-12(13)2/h4-11H,3H2,1-2H3. The molecule has 0 atom stereocenters. The molecule has 0 saturated carbocycles. The van der Waals surface area contributed by atoms with Gasteiger partial charge in [-0.3, -0.25) is 0 Å². The Morgan fingerprint density at radius 3 is 2.75 bits per heavy atom. The van der Waals surface area contributed by atoms with Gasteiger partial charge < -0.3 is 4.74 Å². The summed E-state index contributed by atoms with van der Waals surface area (Å²) in [4.78, 5) is 11.0. The van der Waals surface area contributed by atoms with Crippen LogP contribution in [0.4, 0.5) is 0 Å². The van der Waals surface area contributed by atoms with Crippen molar-refractivity contribution in [2.45, 2.75) is 13.8 Å². The van der Waals surface area contributed by atoms with Crippen molar-refractivity contribution in [2.24, 2.45) is 0 Å². The van der Waals surface area contributed by atoms with Crippen LogP contribution in [0.2, 0.25) is 0 Å². The molecule has 0 aliphatic heterocycles. The molecule has 16 heavy (non-hydrogen) atoms. The first-order chi connectivity index (χ1) is 7.74. The third kappa shape index (κ3) is 4.13. The van der Waals surface area contributed by atoms with E-state index in [1.54, 1.807) is 13.0 Å². The fourth-order valence-corrected chi connectivity index (χ4v) is 1.26. The molecular formula is C14H16O2. The highest BCUT2D eigenvalue weighted by Gasteiger charge is 1.91. The number of carbonyl (C=O) groups excluding carboxylic acids is 1. The van der Waals surface area contributed by atoms with Crippen LogP contribution in [0.25, 0.3) is 6.08 Å². The molecule has 0 radical (unpaired) electrons. The average Bonchev–Trinajstić information content (AvgIpc) is 2.27. The van der Waals surface area contributed by atoms with Crippen LogP contribution >= 0.6 is 0 Å². The Hall–Kier alpha value is -1.83. The van der Waals surface area contributed by atoms with Crippen molar-refractivity contribution in [3.05, 3.63) is 53.6 Å². The summed E-state index contributed by atoms with van der Waals surface area (Å²) in [6.07, 6.45) is 6.90. The van der Waals surface area contributed by atoms with E-state index in [2.05, 4.69) is 13.0 Å². The van der Waals surface area contributed by atoms with Gasteiger partial charge in [-0.15, -0.1) is 0 Å². The van der Waals surface area contributed by atoms with Gasteiger partial charge in [-0.05, 0) is 25.0 Å². The van der Waals surface area contributed by atoms with E-state index in [4.69, 9.17) is 4.74 Å². The summed E-state index contributed by atoms with van der Waals surface area (Å²) in [7, 11) is 0. The van der Waals surface area contributed by atoms with Gasteiger partial charge in [0.15, 0.2) is 0 Å². The summed E-state index contributed by atoms with van der Waals surface area (Å²) in [5, 5.41) is 0. The first kappa shape index (κ1) is 12.2. The molecule has 0 N–H and O–H groups in total. The number of benzene rings is 1. The molecule has 2 heteroatoms. The minimum atomic E-state index is -0.308. The van der Waals surface area contributed by atoms with Gasteiger partial charge in [0, 0.05) is 6.08 Å². The van der Waals surface area contributed by atoms with E-state index in [1.807, 2.05) is 30.4 Å². The van der Waals surface area contributed by atoms with Crippen LogP contribution in [-0.4, -0.2) is 12.6 Å². The Balaban J connectivity index is 2.55. The second-order valence-electron chi connectivity index (χ2n) is 3.33. The molecule has 0 spiro atoms. The first-order valence-electron chi connectivity index (χ1n) is 5.31. The number of hydrogen-bond acceptors (Lipinski definition) is 2.